The molecule has 3 N–H and O–H groups in total. The molecule has 1 saturated carbocycles. The molecule has 0 radical (unpaired) electrons. The normalized spacial score (nSPS) is 17.6. The second kappa shape index (κ2) is 9.19. The largest absolute Gasteiger partial charge is 0.351 e. The number of benzene rings is 2. The third-order valence-corrected chi connectivity index (χ3v) is 6.44. The van der Waals surface area contributed by atoms with Crippen molar-refractivity contribution >= 4 is 34.3 Å². The van der Waals surface area contributed by atoms with Crippen LogP contribution in [0.1, 0.15) is 40.1 Å². The van der Waals surface area contributed by atoms with E-state index in [-0.39, 0.29) is 29.5 Å². The lowest BCUT2D eigenvalue weighted by molar-refractivity contribution is 0.0889. The van der Waals surface area contributed by atoms with E-state index in [1.165, 1.54) is 10.6 Å². The number of nitrogens with one attached hydrogen (secondary N) is 3. The van der Waals surface area contributed by atoms with E-state index in [1.807, 2.05) is 12.1 Å². The molecule has 5 rings (SSSR count). The molecule has 8 heteroatoms. The van der Waals surface area contributed by atoms with Crippen LogP contribution in [0.15, 0.2) is 77.7 Å². The molecule has 2 aromatic carbocycles. The van der Waals surface area contributed by atoms with Gasteiger partial charge in [-0.15, -0.1) is 0 Å². The highest BCUT2D eigenvalue weighted by molar-refractivity contribution is 6.31. The Kier molecular flexibility index (Phi) is 5.94. The number of fused-ring (bicyclic) bond motifs is 1. The van der Waals surface area contributed by atoms with Crippen LogP contribution in [-0.2, 0) is 0 Å². The van der Waals surface area contributed by atoms with Crippen molar-refractivity contribution in [3.05, 3.63) is 99.6 Å². The summed E-state index contributed by atoms with van der Waals surface area (Å²) in [5.74, 6) is -0.422. The Labute approximate surface area is 200 Å². The predicted molar refractivity (Wildman–Crippen MR) is 132 cm³/mol. The second-order valence-electron chi connectivity index (χ2n) is 8.46. The quantitative estimate of drug-likeness (QED) is 0.407. The number of carbonyl (C=O) groups excluding carboxylic acids is 2. The number of H-pyrrole nitrogens is 1. The van der Waals surface area contributed by atoms with Gasteiger partial charge >= 0.3 is 0 Å². The van der Waals surface area contributed by atoms with Crippen molar-refractivity contribution < 1.29 is 9.59 Å². The fourth-order valence-electron chi connectivity index (χ4n) is 4.44. The summed E-state index contributed by atoms with van der Waals surface area (Å²) in [6, 6.07) is 18.7. The van der Waals surface area contributed by atoms with Crippen LogP contribution in [0.3, 0.4) is 0 Å². The summed E-state index contributed by atoms with van der Waals surface area (Å²) in [6.07, 6.45) is 4.17. The van der Waals surface area contributed by atoms with Crippen LogP contribution in [0.25, 0.3) is 16.6 Å². The molecular weight excluding hydrogens is 452 g/mol. The van der Waals surface area contributed by atoms with Crippen LogP contribution in [0.2, 0.25) is 5.02 Å². The smallest absolute Gasteiger partial charge is 0.268 e. The zero-order chi connectivity index (χ0) is 23.7. The molecule has 2 amide bonds. The van der Waals surface area contributed by atoms with Crippen molar-refractivity contribution in [1.29, 1.82) is 0 Å². The number of pyridine rings is 1. The highest BCUT2D eigenvalue weighted by Crippen LogP contribution is 2.23. The number of halogens is 1. The van der Waals surface area contributed by atoms with Crippen molar-refractivity contribution in [2.24, 2.45) is 0 Å². The Balaban J connectivity index is 1.25. The van der Waals surface area contributed by atoms with E-state index in [0.717, 1.165) is 30.2 Å². The average molecular weight is 475 g/mol. The fraction of sp³-hybridized carbons (Fsp3) is 0.192. The molecule has 7 nitrogen and oxygen atoms in total. The van der Waals surface area contributed by atoms with Crippen molar-refractivity contribution in [1.82, 2.24) is 20.2 Å². The second-order valence-corrected chi connectivity index (χ2v) is 8.90. The molecule has 2 aromatic heterocycles. The van der Waals surface area contributed by atoms with E-state index in [9.17, 15) is 14.4 Å². The summed E-state index contributed by atoms with van der Waals surface area (Å²) < 4.78 is 1.52. The van der Waals surface area contributed by atoms with Crippen LogP contribution in [-0.4, -0.2) is 33.4 Å². The first kappa shape index (κ1) is 22.0. The van der Waals surface area contributed by atoms with Gasteiger partial charge in [-0.3, -0.25) is 19.0 Å². The molecule has 0 unspecified atom stereocenters. The van der Waals surface area contributed by atoms with Crippen molar-refractivity contribution in [2.75, 3.05) is 0 Å². The average Bonchev–Trinajstić information content (AvgIpc) is 3.46. The molecule has 0 bridgehead atoms. The topological polar surface area (TPSA) is 96.0 Å². The summed E-state index contributed by atoms with van der Waals surface area (Å²) in [5, 5.41) is 7.60. The molecular formula is C26H23ClN4O3. The minimum Gasteiger partial charge on any atom is -0.351 e. The van der Waals surface area contributed by atoms with Gasteiger partial charge in [-0.2, -0.15) is 0 Å². The summed E-state index contributed by atoms with van der Waals surface area (Å²) in [6.45, 7) is 0. The molecule has 34 heavy (non-hydrogen) atoms. The summed E-state index contributed by atoms with van der Waals surface area (Å²) >= 11 is 6.04. The Morgan fingerprint density at radius 2 is 1.65 bits per heavy atom. The Morgan fingerprint density at radius 3 is 2.38 bits per heavy atom. The predicted octanol–water partition coefficient (Wildman–Crippen LogP) is 4.05. The monoisotopic (exact) mass is 474 g/mol. The number of rotatable bonds is 5. The van der Waals surface area contributed by atoms with Gasteiger partial charge in [0.1, 0.15) is 5.69 Å². The lowest BCUT2D eigenvalue weighted by atomic mass is 10.1. The van der Waals surface area contributed by atoms with Crippen LogP contribution < -0.4 is 16.2 Å². The van der Waals surface area contributed by atoms with Gasteiger partial charge in [-0.25, -0.2) is 0 Å². The number of hydrogen-bond acceptors (Lipinski definition) is 3. The molecule has 0 spiro atoms. The molecule has 4 aromatic rings. The lowest BCUT2D eigenvalue weighted by Gasteiger charge is -2.22. The molecule has 1 fully saturated rings. The van der Waals surface area contributed by atoms with Crippen molar-refractivity contribution in [3.63, 3.8) is 0 Å². The third kappa shape index (κ3) is 4.47. The van der Waals surface area contributed by atoms with Crippen LogP contribution in [0, 0.1) is 0 Å². The maximum Gasteiger partial charge on any atom is 0.268 e. The fourth-order valence-corrected chi connectivity index (χ4v) is 4.62. The van der Waals surface area contributed by atoms with Gasteiger partial charge in [-0.1, -0.05) is 17.7 Å². The van der Waals surface area contributed by atoms with Gasteiger partial charge < -0.3 is 15.6 Å². The van der Waals surface area contributed by atoms with Crippen LogP contribution in [0.5, 0.6) is 0 Å². The molecule has 1 aliphatic carbocycles. The van der Waals surface area contributed by atoms with Gasteiger partial charge in [0.2, 0.25) is 0 Å². The Morgan fingerprint density at radius 1 is 0.912 bits per heavy atom. The minimum atomic E-state index is -0.212. The van der Waals surface area contributed by atoms with Crippen molar-refractivity contribution in [3.8, 4) is 5.69 Å². The van der Waals surface area contributed by atoms with E-state index in [0.29, 0.717) is 22.0 Å². The van der Waals surface area contributed by atoms with E-state index in [2.05, 4.69) is 15.6 Å². The number of nitrogens with zero attached hydrogens (tertiary/aromatic N) is 1. The van der Waals surface area contributed by atoms with E-state index >= 15 is 0 Å². The van der Waals surface area contributed by atoms with E-state index in [4.69, 9.17) is 11.6 Å². The maximum atomic E-state index is 12.9. The zero-order valence-corrected chi connectivity index (χ0v) is 19.0. The van der Waals surface area contributed by atoms with Gasteiger partial charge in [0.15, 0.2) is 0 Å². The van der Waals surface area contributed by atoms with Crippen LogP contribution >= 0.6 is 11.6 Å². The molecule has 2 heterocycles. The van der Waals surface area contributed by atoms with Gasteiger partial charge in [0.25, 0.3) is 17.4 Å². The SMILES string of the molecule is O=C(N[C@@H]1CCC[C@@H]1NC(=O)c1cc2cc(Cl)ccc2[nH]1)c1ccc(-n2ccccc2=O)cc1. The number of aromatic amines is 1. The molecule has 0 aliphatic heterocycles. The lowest BCUT2D eigenvalue weighted by Crippen LogP contribution is -2.48. The summed E-state index contributed by atoms with van der Waals surface area (Å²) in [5.41, 5.74) is 2.35. The molecule has 0 saturated heterocycles. The van der Waals surface area contributed by atoms with Crippen molar-refractivity contribution in [2.45, 2.75) is 31.3 Å². The van der Waals surface area contributed by atoms with Gasteiger partial charge in [0, 0.05) is 51.5 Å². The first-order valence-corrected chi connectivity index (χ1v) is 11.5. The van der Waals surface area contributed by atoms with Gasteiger partial charge in [-0.05, 0) is 73.9 Å². The van der Waals surface area contributed by atoms with Gasteiger partial charge in [0.05, 0.1) is 0 Å². The third-order valence-electron chi connectivity index (χ3n) is 6.21. The highest BCUT2D eigenvalue weighted by Gasteiger charge is 2.30. The van der Waals surface area contributed by atoms with E-state index in [1.54, 1.807) is 54.7 Å². The Bertz CT molecular complexity index is 1420. The maximum absolute atomic E-state index is 12.9. The van der Waals surface area contributed by atoms with E-state index < -0.39 is 0 Å². The first-order chi connectivity index (χ1) is 16.5. The molecule has 1 aliphatic rings. The first-order valence-electron chi connectivity index (χ1n) is 11.2. The molecule has 2 atom stereocenters. The molecule has 172 valence electrons. The zero-order valence-electron chi connectivity index (χ0n) is 18.3. The number of carbonyl (C=O) groups is 2. The van der Waals surface area contributed by atoms with Crippen LogP contribution in [0.4, 0.5) is 0 Å². The number of amides is 2. The Hall–Kier alpha value is -3.84. The highest BCUT2D eigenvalue weighted by atomic mass is 35.5. The summed E-state index contributed by atoms with van der Waals surface area (Å²) in [7, 11) is 0. The number of hydrogen-bond donors (Lipinski definition) is 3. The standard InChI is InChI=1S/C26H23ClN4O3/c27-18-9-12-20-17(14-18)15-23(28-20)26(34)30-22-5-3-4-21(22)29-25(33)16-7-10-19(11-8-16)31-13-2-1-6-24(31)32/h1-2,6-15,21-22,28H,3-5H2,(H,29,33)(H,30,34)/t21-,22+/m1/s1. The summed E-state index contributed by atoms with van der Waals surface area (Å²) in [4.78, 5) is 40.8. The minimum absolute atomic E-state index is 0.137. The number of aromatic nitrogens is 2.